The van der Waals surface area contributed by atoms with Gasteiger partial charge >= 0.3 is 5.92 Å². The van der Waals surface area contributed by atoms with E-state index in [1.807, 2.05) is 0 Å². The molecule has 1 aromatic carbocycles. The van der Waals surface area contributed by atoms with Crippen LogP contribution in [0.2, 0.25) is 0 Å². The van der Waals surface area contributed by atoms with Crippen molar-refractivity contribution in [2.75, 3.05) is 11.9 Å². The third-order valence-electron chi connectivity index (χ3n) is 2.66. The summed E-state index contributed by atoms with van der Waals surface area (Å²) in [6, 6.07) is 4.78. The maximum atomic E-state index is 13.1. The number of anilines is 1. The average Bonchev–Trinajstić information content (AvgIpc) is 2.54. The Morgan fingerprint density at radius 3 is 2.81 bits per heavy atom. The lowest BCUT2D eigenvalue weighted by Gasteiger charge is -2.12. The van der Waals surface area contributed by atoms with E-state index < -0.39 is 5.92 Å². The molecule has 0 atom stereocenters. The van der Waals surface area contributed by atoms with Gasteiger partial charge in [-0.2, -0.15) is 14.0 Å². The Hall–Kier alpha value is -1.96. The van der Waals surface area contributed by atoms with Gasteiger partial charge in [0.05, 0.1) is 6.42 Å². The van der Waals surface area contributed by atoms with Gasteiger partial charge in [0, 0.05) is 18.3 Å². The minimum atomic E-state index is -3.50. The molecular weight excluding hydrogens is 214 g/mol. The largest absolute Gasteiger partial charge is 0.357 e. The van der Waals surface area contributed by atoms with Crippen LogP contribution < -0.4 is 4.90 Å². The summed E-state index contributed by atoms with van der Waals surface area (Å²) in [6.07, 6.45) is 0.112. The Bertz CT molecular complexity index is 505. The highest BCUT2D eigenvalue weighted by Gasteiger charge is 2.33. The van der Waals surface area contributed by atoms with E-state index in [4.69, 9.17) is 5.26 Å². The number of likely N-dealkylation sites (N-methyl/N-ethyl adjacent to an activating group) is 1. The van der Waals surface area contributed by atoms with Crippen LogP contribution in [0.3, 0.4) is 0 Å². The van der Waals surface area contributed by atoms with E-state index in [1.54, 1.807) is 7.05 Å². The second-order valence-corrected chi connectivity index (χ2v) is 3.66. The molecule has 0 spiro atoms. The molecule has 0 saturated carbocycles. The summed E-state index contributed by atoms with van der Waals surface area (Å²) in [6.45, 7) is 0. The van der Waals surface area contributed by atoms with Crippen molar-refractivity contribution >= 4 is 11.6 Å². The molecule has 3 nitrogen and oxygen atoms in total. The number of nitriles is 1. The second-order valence-electron chi connectivity index (χ2n) is 3.66. The van der Waals surface area contributed by atoms with Crippen molar-refractivity contribution in [3.8, 4) is 6.07 Å². The minimum Gasteiger partial charge on any atom is -0.315 e. The monoisotopic (exact) mass is 222 g/mol. The SMILES string of the molecule is CN1C(=O)Cc2cc(C(F)(F)C#N)ccc21. The molecule has 1 amide bonds. The number of alkyl halides is 2. The highest BCUT2D eigenvalue weighted by Crippen LogP contribution is 2.34. The number of benzene rings is 1. The fourth-order valence-electron chi connectivity index (χ4n) is 1.73. The lowest BCUT2D eigenvalue weighted by Crippen LogP contribution is -2.20. The van der Waals surface area contributed by atoms with Gasteiger partial charge in [-0.3, -0.25) is 4.79 Å². The molecule has 0 unspecified atom stereocenters. The van der Waals surface area contributed by atoms with Gasteiger partial charge in [-0.15, -0.1) is 0 Å². The second kappa shape index (κ2) is 3.27. The summed E-state index contributed by atoms with van der Waals surface area (Å²) in [5.41, 5.74) is 0.805. The first kappa shape index (κ1) is 10.6. The van der Waals surface area contributed by atoms with E-state index in [2.05, 4.69) is 0 Å². The molecule has 0 N–H and O–H groups in total. The Morgan fingerprint density at radius 2 is 2.19 bits per heavy atom. The van der Waals surface area contributed by atoms with Gasteiger partial charge in [0.2, 0.25) is 5.91 Å². The third-order valence-corrected chi connectivity index (χ3v) is 2.66. The molecular formula is C11H8F2N2O. The van der Waals surface area contributed by atoms with Crippen molar-refractivity contribution in [2.45, 2.75) is 12.3 Å². The molecule has 0 fully saturated rings. The van der Waals surface area contributed by atoms with E-state index in [0.29, 0.717) is 11.3 Å². The van der Waals surface area contributed by atoms with Crippen LogP contribution in [0.25, 0.3) is 0 Å². The van der Waals surface area contributed by atoms with Gasteiger partial charge in [-0.1, -0.05) is 0 Å². The zero-order valence-electron chi connectivity index (χ0n) is 8.50. The smallest absolute Gasteiger partial charge is 0.315 e. The first-order valence-corrected chi connectivity index (χ1v) is 4.65. The Morgan fingerprint density at radius 1 is 1.50 bits per heavy atom. The minimum absolute atomic E-state index is 0.112. The molecule has 0 radical (unpaired) electrons. The normalized spacial score (nSPS) is 14.9. The molecule has 82 valence electrons. The van der Waals surface area contributed by atoms with E-state index in [9.17, 15) is 13.6 Å². The third kappa shape index (κ3) is 1.43. The van der Waals surface area contributed by atoms with Gasteiger partial charge < -0.3 is 4.90 Å². The summed E-state index contributed by atoms with van der Waals surface area (Å²) >= 11 is 0. The number of halogens is 2. The first-order chi connectivity index (χ1) is 7.45. The number of hydrogen-bond donors (Lipinski definition) is 0. The van der Waals surface area contributed by atoms with Crippen LogP contribution in [0.4, 0.5) is 14.5 Å². The maximum absolute atomic E-state index is 13.1. The van der Waals surface area contributed by atoms with E-state index >= 15 is 0 Å². The van der Waals surface area contributed by atoms with Crippen LogP contribution in [-0.4, -0.2) is 13.0 Å². The molecule has 1 heterocycles. The topological polar surface area (TPSA) is 44.1 Å². The maximum Gasteiger partial charge on any atom is 0.357 e. The van der Waals surface area contributed by atoms with Crippen LogP contribution in [0.1, 0.15) is 11.1 Å². The van der Waals surface area contributed by atoms with E-state index in [0.717, 1.165) is 6.07 Å². The van der Waals surface area contributed by atoms with Gasteiger partial charge in [-0.05, 0) is 23.8 Å². The fraction of sp³-hybridized carbons (Fsp3) is 0.273. The van der Waals surface area contributed by atoms with Crippen LogP contribution in [0.5, 0.6) is 0 Å². The van der Waals surface area contributed by atoms with Crippen molar-refractivity contribution in [1.29, 1.82) is 5.26 Å². The number of hydrogen-bond acceptors (Lipinski definition) is 2. The summed E-state index contributed by atoms with van der Waals surface area (Å²) in [4.78, 5) is 12.8. The van der Waals surface area contributed by atoms with E-state index in [1.165, 1.54) is 23.1 Å². The van der Waals surface area contributed by atoms with E-state index in [-0.39, 0.29) is 17.9 Å². The average molecular weight is 222 g/mol. The lowest BCUT2D eigenvalue weighted by molar-refractivity contribution is -0.117. The highest BCUT2D eigenvalue weighted by molar-refractivity contribution is 6.00. The van der Waals surface area contributed by atoms with Crippen LogP contribution in [-0.2, 0) is 17.1 Å². The molecule has 2 rings (SSSR count). The van der Waals surface area contributed by atoms with Crippen molar-refractivity contribution in [3.05, 3.63) is 29.3 Å². The van der Waals surface area contributed by atoms with Crippen molar-refractivity contribution in [3.63, 3.8) is 0 Å². The lowest BCUT2D eigenvalue weighted by atomic mass is 10.0. The molecule has 0 aliphatic carbocycles. The van der Waals surface area contributed by atoms with Crippen LogP contribution in [0.15, 0.2) is 18.2 Å². The number of nitrogens with zero attached hydrogens (tertiary/aromatic N) is 2. The summed E-state index contributed by atoms with van der Waals surface area (Å²) in [5.74, 6) is -3.63. The summed E-state index contributed by atoms with van der Waals surface area (Å²) < 4.78 is 26.2. The Labute approximate surface area is 90.9 Å². The summed E-state index contributed by atoms with van der Waals surface area (Å²) in [7, 11) is 1.59. The summed E-state index contributed by atoms with van der Waals surface area (Å²) in [5, 5.41) is 8.32. The first-order valence-electron chi connectivity index (χ1n) is 4.65. The molecule has 16 heavy (non-hydrogen) atoms. The number of fused-ring (bicyclic) bond motifs is 1. The van der Waals surface area contributed by atoms with Crippen LogP contribution in [0, 0.1) is 11.3 Å². The number of carbonyl (C=O) groups is 1. The van der Waals surface area contributed by atoms with Gasteiger partial charge in [0.15, 0.2) is 0 Å². The van der Waals surface area contributed by atoms with Crippen LogP contribution >= 0.6 is 0 Å². The number of carbonyl (C=O) groups excluding carboxylic acids is 1. The van der Waals surface area contributed by atoms with Crippen molar-refractivity contribution in [1.82, 2.24) is 0 Å². The standard InChI is InChI=1S/C11H8F2N2O/c1-15-9-3-2-8(11(12,13)6-14)4-7(9)5-10(15)16/h2-4H,5H2,1H3. The molecule has 0 bridgehead atoms. The molecule has 0 aromatic heterocycles. The van der Waals surface area contributed by atoms with Crippen molar-refractivity contribution < 1.29 is 13.6 Å². The van der Waals surface area contributed by atoms with Gasteiger partial charge in [0.25, 0.3) is 0 Å². The quantitative estimate of drug-likeness (QED) is 0.727. The number of amides is 1. The highest BCUT2D eigenvalue weighted by atomic mass is 19.3. The zero-order valence-corrected chi connectivity index (χ0v) is 8.50. The van der Waals surface area contributed by atoms with Gasteiger partial charge in [-0.25, -0.2) is 0 Å². The molecule has 0 saturated heterocycles. The Balaban J connectivity index is 2.48. The Kier molecular flexibility index (Phi) is 2.16. The predicted molar refractivity (Wildman–Crippen MR) is 53.1 cm³/mol. The number of rotatable bonds is 1. The molecule has 5 heteroatoms. The molecule has 1 aromatic rings. The molecule has 1 aliphatic rings. The predicted octanol–water partition coefficient (Wildman–Crippen LogP) is 1.82. The fourth-order valence-corrected chi connectivity index (χ4v) is 1.73. The zero-order chi connectivity index (χ0) is 11.9. The van der Waals surface area contributed by atoms with Crippen molar-refractivity contribution in [2.24, 2.45) is 0 Å². The molecule has 1 aliphatic heterocycles. The van der Waals surface area contributed by atoms with Gasteiger partial charge in [0.1, 0.15) is 6.07 Å².